The standard InChI is InChI=1S/C58H70N4O13/c63-55(59-25-21-57(65)61-45-51-13-3-1-9-47(51)17-19-49-11-5-7-15-53(49)61)23-27-67-29-31-69-33-35-71-37-39-73-41-43-75-44-42-74-40-38-72-36-34-70-32-30-68-28-24-56(64)60-26-22-58(66)62-46-52-14-4-2-10-48(52)18-20-50-12-6-8-16-54(50)62/h1-16H,21-46H2,(H,59,63)(H,60,64). The van der Waals surface area contributed by atoms with Gasteiger partial charge >= 0.3 is 0 Å². The molecule has 0 aliphatic carbocycles. The van der Waals surface area contributed by atoms with E-state index >= 15 is 0 Å². The number of fused-ring (bicyclic) bond motifs is 4. The molecule has 0 fully saturated rings. The Hall–Kier alpha value is -6.48. The molecule has 0 spiro atoms. The van der Waals surface area contributed by atoms with E-state index in [4.69, 9.17) is 42.6 Å². The van der Waals surface area contributed by atoms with Crippen LogP contribution in [0.1, 0.15) is 59.1 Å². The molecule has 0 unspecified atom stereocenters. The number of benzene rings is 4. The first kappa shape index (κ1) is 57.8. The number of rotatable bonds is 36. The maximum absolute atomic E-state index is 13.3. The molecule has 4 aromatic carbocycles. The van der Waals surface area contributed by atoms with E-state index in [0.29, 0.717) is 119 Å². The minimum Gasteiger partial charge on any atom is -0.379 e. The quantitative estimate of drug-likeness (QED) is 0.0468. The van der Waals surface area contributed by atoms with E-state index in [1.54, 1.807) is 9.80 Å². The zero-order valence-electron chi connectivity index (χ0n) is 42.8. The van der Waals surface area contributed by atoms with Crippen LogP contribution in [0.15, 0.2) is 97.1 Å². The van der Waals surface area contributed by atoms with Crippen molar-refractivity contribution in [2.75, 3.05) is 142 Å². The van der Waals surface area contributed by atoms with Gasteiger partial charge in [-0.05, 0) is 47.5 Å². The van der Waals surface area contributed by atoms with E-state index in [2.05, 4.69) is 34.3 Å². The van der Waals surface area contributed by atoms with Crippen LogP contribution in [-0.4, -0.2) is 156 Å². The van der Waals surface area contributed by atoms with Gasteiger partial charge in [0.15, 0.2) is 0 Å². The molecule has 0 bridgehead atoms. The second-order valence-corrected chi connectivity index (χ2v) is 17.0. The number of hydrogen-bond acceptors (Lipinski definition) is 13. The van der Waals surface area contributed by atoms with E-state index in [-0.39, 0.29) is 75.6 Å². The Kier molecular flexibility index (Phi) is 26.9. The number of carbonyl (C=O) groups is 4. The van der Waals surface area contributed by atoms with Crippen LogP contribution in [0.4, 0.5) is 11.4 Å². The number of nitrogens with zero attached hydrogens (tertiary/aromatic N) is 2. The summed E-state index contributed by atoms with van der Waals surface area (Å²) in [4.78, 5) is 54.9. The van der Waals surface area contributed by atoms with Crippen molar-refractivity contribution in [2.45, 2.75) is 38.8 Å². The zero-order chi connectivity index (χ0) is 52.4. The molecule has 2 N–H and O–H groups in total. The lowest BCUT2D eigenvalue weighted by Gasteiger charge is -2.26. The summed E-state index contributed by atoms with van der Waals surface area (Å²) < 4.78 is 49.8. The molecule has 2 aliphatic rings. The van der Waals surface area contributed by atoms with Crippen molar-refractivity contribution in [3.05, 3.63) is 130 Å². The van der Waals surface area contributed by atoms with Gasteiger partial charge in [0.25, 0.3) is 0 Å². The summed E-state index contributed by atoms with van der Waals surface area (Å²) in [5.74, 6) is 12.3. The second kappa shape index (κ2) is 34.9. The third-order valence-electron chi connectivity index (χ3n) is 11.6. The van der Waals surface area contributed by atoms with Crippen LogP contribution in [0, 0.1) is 23.7 Å². The highest BCUT2D eigenvalue weighted by Crippen LogP contribution is 2.27. The number of amides is 4. The van der Waals surface area contributed by atoms with Crippen molar-refractivity contribution in [3.8, 4) is 23.7 Å². The third kappa shape index (κ3) is 21.7. The number of hydrogen-bond donors (Lipinski definition) is 2. The smallest absolute Gasteiger partial charge is 0.229 e. The molecule has 0 saturated heterocycles. The first-order chi connectivity index (χ1) is 37.0. The van der Waals surface area contributed by atoms with E-state index < -0.39 is 0 Å². The highest BCUT2D eigenvalue weighted by molar-refractivity contribution is 5.96. The van der Waals surface area contributed by atoms with Crippen LogP contribution in [-0.2, 0) is 74.9 Å². The van der Waals surface area contributed by atoms with Crippen LogP contribution >= 0.6 is 0 Å². The maximum Gasteiger partial charge on any atom is 0.229 e. The topological polar surface area (TPSA) is 182 Å². The minimum atomic E-state index is -0.181. The molecule has 75 heavy (non-hydrogen) atoms. The predicted molar refractivity (Wildman–Crippen MR) is 282 cm³/mol. The van der Waals surface area contributed by atoms with E-state index in [1.807, 2.05) is 97.1 Å². The first-order valence-corrected chi connectivity index (χ1v) is 25.7. The summed E-state index contributed by atoms with van der Waals surface area (Å²) in [7, 11) is 0. The van der Waals surface area contributed by atoms with Crippen molar-refractivity contribution >= 4 is 35.0 Å². The average Bonchev–Trinajstić information content (AvgIpc) is 3.41. The molecule has 17 heteroatoms. The molecule has 17 nitrogen and oxygen atoms in total. The fraction of sp³-hybridized carbons (Fsp3) is 0.448. The van der Waals surface area contributed by atoms with E-state index in [0.717, 1.165) is 44.8 Å². The van der Waals surface area contributed by atoms with Gasteiger partial charge < -0.3 is 63.1 Å². The van der Waals surface area contributed by atoms with Crippen molar-refractivity contribution in [2.24, 2.45) is 0 Å². The van der Waals surface area contributed by atoms with Gasteiger partial charge in [0.1, 0.15) is 0 Å². The molecule has 400 valence electrons. The summed E-state index contributed by atoms with van der Waals surface area (Å²) in [6.07, 6.45) is 0.698. The number of para-hydroxylation sites is 2. The number of ether oxygens (including phenoxy) is 9. The van der Waals surface area contributed by atoms with Gasteiger partial charge in [0.05, 0.1) is 143 Å². The summed E-state index contributed by atoms with van der Waals surface area (Å²) in [6.45, 7) is 8.48. The van der Waals surface area contributed by atoms with Crippen LogP contribution in [0.2, 0.25) is 0 Å². The Labute approximate surface area is 440 Å². The average molecular weight is 1030 g/mol. The monoisotopic (exact) mass is 1030 g/mol. The minimum absolute atomic E-state index is 0.0893. The third-order valence-corrected chi connectivity index (χ3v) is 11.6. The Balaban J connectivity index is 0.627. The summed E-state index contributed by atoms with van der Waals surface area (Å²) >= 11 is 0. The number of carbonyl (C=O) groups excluding carboxylic acids is 4. The van der Waals surface area contributed by atoms with Crippen molar-refractivity contribution in [1.29, 1.82) is 0 Å². The molecule has 4 amide bonds. The molecule has 0 saturated carbocycles. The molecule has 6 rings (SSSR count). The second-order valence-electron chi connectivity index (χ2n) is 17.0. The number of nitrogens with one attached hydrogen (secondary N) is 2. The van der Waals surface area contributed by atoms with Gasteiger partial charge in [-0.2, -0.15) is 0 Å². The van der Waals surface area contributed by atoms with E-state index in [9.17, 15) is 19.2 Å². The molecular formula is C58H70N4O13. The molecule has 0 radical (unpaired) electrons. The molecular weight excluding hydrogens is 961 g/mol. The fourth-order valence-corrected chi connectivity index (χ4v) is 7.67. The predicted octanol–water partition coefficient (Wildman–Crippen LogP) is 4.82. The lowest BCUT2D eigenvalue weighted by atomic mass is 10.0. The van der Waals surface area contributed by atoms with Gasteiger partial charge in [-0.1, -0.05) is 84.3 Å². The normalized spacial score (nSPS) is 12.2. The molecule has 2 heterocycles. The largest absolute Gasteiger partial charge is 0.379 e. The van der Waals surface area contributed by atoms with Crippen LogP contribution in [0.25, 0.3) is 0 Å². The lowest BCUT2D eigenvalue weighted by molar-refractivity contribution is -0.124. The van der Waals surface area contributed by atoms with Crippen molar-refractivity contribution in [3.63, 3.8) is 0 Å². The van der Waals surface area contributed by atoms with Crippen molar-refractivity contribution in [1.82, 2.24) is 10.6 Å². The molecule has 2 aliphatic heterocycles. The Morgan fingerprint density at radius 1 is 0.347 bits per heavy atom. The highest BCUT2D eigenvalue weighted by atomic mass is 16.6. The Morgan fingerprint density at radius 2 is 0.613 bits per heavy atom. The molecule has 0 atom stereocenters. The summed E-state index contributed by atoms with van der Waals surface area (Å²) in [6, 6.07) is 30.9. The number of anilines is 2. The maximum atomic E-state index is 13.3. The SMILES string of the molecule is O=C(CCOCCOCCOCCOCCOCCOCCOCCOCCOCCC(=O)NCCC(=O)N1Cc2ccccc2C#Cc2ccccc21)NCCC(=O)N1Cc2ccccc2C#Cc2ccccc21. The van der Waals surface area contributed by atoms with Gasteiger partial charge in [-0.15, -0.1) is 0 Å². The molecule has 4 aromatic rings. The van der Waals surface area contributed by atoms with Crippen molar-refractivity contribution < 1.29 is 61.8 Å². The van der Waals surface area contributed by atoms with Crippen LogP contribution in [0.5, 0.6) is 0 Å². The van der Waals surface area contributed by atoms with Gasteiger partial charge in [-0.25, -0.2) is 0 Å². The summed E-state index contributed by atoms with van der Waals surface area (Å²) in [5.41, 5.74) is 6.88. The molecule has 0 aromatic heterocycles. The zero-order valence-corrected chi connectivity index (χ0v) is 42.8. The van der Waals surface area contributed by atoms with Gasteiger partial charge in [-0.3, -0.25) is 19.2 Å². The van der Waals surface area contributed by atoms with Crippen LogP contribution in [0.3, 0.4) is 0 Å². The first-order valence-electron chi connectivity index (χ1n) is 25.7. The highest BCUT2D eigenvalue weighted by Gasteiger charge is 2.23. The summed E-state index contributed by atoms with van der Waals surface area (Å²) in [5, 5.41) is 5.64. The Morgan fingerprint density at radius 3 is 0.947 bits per heavy atom. The van der Waals surface area contributed by atoms with Gasteiger partial charge in [0, 0.05) is 61.0 Å². The fourth-order valence-electron chi connectivity index (χ4n) is 7.67. The van der Waals surface area contributed by atoms with Crippen LogP contribution < -0.4 is 20.4 Å². The van der Waals surface area contributed by atoms with E-state index in [1.165, 1.54) is 0 Å². The Bertz CT molecular complexity index is 2350. The lowest BCUT2D eigenvalue weighted by Crippen LogP contribution is -2.35. The van der Waals surface area contributed by atoms with Gasteiger partial charge in [0.2, 0.25) is 23.6 Å².